The van der Waals surface area contributed by atoms with Crippen LogP contribution in [0.25, 0.3) is 0 Å². The molecule has 0 radical (unpaired) electrons. The average molecular weight is 634 g/mol. The van der Waals surface area contributed by atoms with Crippen LogP contribution >= 0.6 is 0 Å². The Balaban J connectivity index is 1.45. The number of epoxide rings is 1. The molecule has 2 saturated heterocycles. The molecule has 4 atom stereocenters. The molecule has 2 heterocycles. The molecule has 1 saturated carbocycles. The van der Waals surface area contributed by atoms with E-state index in [0.717, 1.165) is 69.9 Å². The summed E-state index contributed by atoms with van der Waals surface area (Å²) >= 11 is 0. The van der Waals surface area contributed by atoms with Crippen molar-refractivity contribution in [2.24, 2.45) is 5.92 Å². The molecule has 246 valence electrons. The van der Waals surface area contributed by atoms with Crippen LogP contribution in [0.5, 0.6) is 0 Å². The minimum atomic E-state index is -1.85. The summed E-state index contributed by atoms with van der Waals surface area (Å²) in [5, 5.41) is 3.38. The van der Waals surface area contributed by atoms with Crippen LogP contribution in [0, 0.1) is 5.92 Å². The Hall–Kier alpha value is -1.04. The van der Waals surface area contributed by atoms with E-state index in [0.29, 0.717) is 5.92 Å². The third-order valence-electron chi connectivity index (χ3n) is 10.8. The zero-order valence-corrected chi connectivity index (χ0v) is 31.1. The highest BCUT2D eigenvalue weighted by Crippen LogP contribution is 2.44. The number of ether oxygens (including phenoxy) is 2. The van der Waals surface area contributed by atoms with Crippen LogP contribution in [-0.4, -0.2) is 65.7 Å². The normalized spacial score (nSPS) is 29.9. The quantitative estimate of drug-likeness (QED) is 0.0899. The van der Waals surface area contributed by atoms with Gasteiger partial charge in [0.05, 0.1) is 19.3 Å². The fourth-order valence-electron chi connectivity index (χ4n) is 6.26. The number of amides is 1. The van der Waals surface area contributed by atoms with Crippen molar-refractivity contribution in [1.82, 2.24) is 5.32 Å². The van der Waals surface area contributed by atoms with Crippen LogP contribution in [0.3, 0.4) is 0 Å². The van der Waals surface area contributed by atoms with E-state index in [9.17, 15) is 4.79 Å². The van der Waals surface area contributed by atoms with E-state index in [1.54, 1.807) is 6.08 Å². The molecule has 1 aliphatic carbocycles. The summed E-state index contributed by atoms with van der Waals surface area (Å²) in [6.07, 6.45) is 16.7. The van der Waals surface area contributed by atoms with Crippen LogP contribution < -0.4 is 5.32 Å². The van der Waals surface area contributed by atoms with Gasteiger partial charge in [-0.15, -0.1) is 0 Å². The van der Waals surface area contributed by atoms with Crippen molar-refractivity contribution in [3.63, 3.8) is 0 Å². The number of carbonyl (C=O) groups excluding carboxylic acids is 1. The Morgan fingerprint density at radius 1 is 1.07 bits per heavy atom. The highest BCUT2D eigenvalue weighted by atomic mass is 28.4. The lowest BCUT2D eigenvalue weighted by atomic mass is 9.83. The number of nitrogens with one attached hydrogen (secondary N) is 1. The van der Waals surface area contributed by atoms with Crippen molar-refractivity contribution in [1.29, 1.82) is 0 Å². The van der Waals surface area contributed by atoms with Gasteiger partial charge >= 0.3 is 0 Å². The monoisotopic (exact) mass is 633 g/mol. The van der Waals surface area contributed by atoms with Crippen molar-refractivity contribution < 1.29 is 23.1 Å². The number of carbonyl (C=O) groups is 1. The highest BCUT2D eigenvalue weighted by Gasteiger charge is 2.58. The first kappa shape index (κ1) is 36.4. The van der Waals surface area contributed by atoms with E-state index >= 15 is 0 Å². The first-order valence-corrected chi connectivity index (χ1v) is 22.6. The van der Waals surface area contributed by atoms with E-state index in [4.69, 9.17) is 18.3 Å². The first-order chi connectivity index (χ1) is 20.2. The molecule has 3 fully saturated rings. The van der Waals surface area contributed by atoms with Crippen molar-refractivity contribution in [3.05, 3.63) is 36.0 Å². The molecule has 1 spiro atoms. The lowest BCUT2D eigenvalue weighted by molar-refractivity contribution is -0.117. The largest absolute Gasteiger partial charge is 0.411 e. The summed E-state index contributed by atoms with van der Waals surface area (Å²) in [5.41, 5.74) is 1.14. The zero-order chi connectivity index (χ0) is 31.9. The number of allylic oxidation sites excluding steroid dienone is 3. The predicted octanol–water partition coefficient (Wildman–Crippen LogP) is 8.47. The van der Waals surface area contributed by atoms with Crippen LogP contribution in [-0.2, 0) is 23.1 Å². The van der Waals surface area contributed by atoms with Crippen molar-refractivity contribution in [2.45, 2.75) is 160 Å². The molecule has 3 aliphatic rings. The summed E-state index contributed by atoms with van der Waals surface area (Å²) in [6.45, 7) is 23.8. The topological polar surface area (TPSA) is 69.3 Å². The molecule has 0 bridgehead atoms. The number of rotatable bonds is 14. The smallest absolute Gasteiger partial charge is 0.243 e. The van der Waals surface area contributed by atoms with Crippen molar-refractivity contribution in [2.75, 3.05) is 13.2 Å². The SMILES string of the molecule is CC[Si](CC)(CC)O[C@@H]1[C@@H](C=CC(C)=CCC2CCC(NC(=O)C=C[C@H](C)O[Si](C)(C)C(C)(C)C)CC2)OCC[C@@]12CO2. The van der Waals surface area contributed by atoms with Crippen molar-refractivity contribution >= 4 is 22.5 Å². The number of hydrogen-bond donors (Lipinski definition) is 1. The Labute approximate surface area is 265 Å². The van der Waals surface area contributed by atoms with Gasteiger partial charge < -0.3 is 23.6 Å². The molecule has 0 aromatic carbocycles. The third kappa shape index (κ3) is 10.2. The second kappa shape index (κ2) is 15.5. The van der Waals surface area contributed by atoms with Gasteiger partial charge in [-0.2, -0.15) is 0 Å². The van der Waals surface area contributed by atoms with Crippen molar-refractivity contribution in [3.8, 4) is 0 Å². The fraction of sp³-hybridized carbons (Fsp3) is 0.800. The molecule has 2 aliphatic heterocycles. The van der Waals surface area contributed by atoms with E-state index in [1.807, 2.05) is 13.0 Å². The third-order valence-corrected chi connectivity index (χ3v) is 20.0. The van der Waals surface area contributed by atoms with Gasteiger partial charge in [0, 0.05) is 18.5 Å². The molecule has 0 unspecified atom stereocenters. The van der Waals surface area contributed by atoms with Gasteiger partial charge in [-0.05, 0) is 88.1 Å². The molecular formula is C35H63NO5Si2. The molecule has 43 heavy (non-hydrogen) atoms. The van der Waals surface area contributed by atoms with Gasteiger partial charge in [0.2, 0.25) is 5.91 Å². The average Bonchev–Trinajstić information content (AvgIpc) is 3.73. The summed E-state index contributed by atoms with van der Waals surface area (Å²) in [7, 11) is -3.62. The first-order valence-electron chi connectivity index (χ1n) is 17.1. The Bertz CT molecular complexity index is 976. The molecule has 6 nitrogen and oxygen atoms in total. The molecule has 3 rings (SSSR count). The van der Waals surface area contributed by atoms with Gasteiger partial charge in [-0.3, -0.25) is 4.79 Å². The second-order valence-electron chi connectivity index (χ2n) is 14.9. The Kier molecular flexibility index (Phi) is 13.1. The summed E-state index contributed by atoms with van der Waals surface area (Å²) in [6, 6.07) is 3.67. The molecule has 0 aromatic heterocycles. The molecule has 8 heteroatoms. The Morgan fingerprint density at radius 2 is 1.70 bits per heavy atom. The van der Waals surface area contributed by atoms with Crippen LogP contribution in [0.1, 0.15) is 93.9 Å². The van der Waals surface area contributed by atoms with Crippen LogP contribution in [0.4, 0.5) is 0 Å². The van der Waals surface area contributed by atoms with E-state index in [1.165, 1.54) is 5.57 Å². The van der Waals surface area contributed by atoms with E-state index in [-0.39, 0.29) is 40.9 Å². The van der Waals surface area contributed by atoms with Gasteiger partial charge in [0.25, 0.3) is 0 Å². The zero-order valence-electron chi connectivity index (χ0n) is 29.1. The molecule has 0 aromatic rings. The van der Waals surface area contributed by atoms with Crippen LogP contribution in [0.2, 0.25) is 36.3 Å². The second-order valence-corrected chi connectivity index (χ2v) is 24.4. The summed E-state index contributed by atoms with van der Waals surface area (Å²) in [4.78, 5) is 12.6. The minimum absolute atomic E-state index is 0.00248. The Morgan fingerprint density at radius 3 is 2.26 bits per heavy atom. The van der Waals surface area contributed by atoms with E-state index < -0.39 is 16.6 Å². The molecule has 1 N–H and O–H groups in total. The maximum absolute atomic E-state index is 12.6. The predicted molar refractivity (Wildman–Crippen MR) is 183 cm³/mol. The van der Waals surface area contributed by atoms with Gasteiger partial charge in [0.1, 0.15) is 17.8 Å². The summed E-state index contributed by atoms with van der Waals surface area (Å²) < 4.78 is 25.6. The molecule has 1 amide bonds. The standard InChI is InChI=1S/C35H63NO5Si2/c1-11-43(12-2,13-3)41-33-31(38-25-24-35(33)26-39-35)22-15-27(4)14-17-29-18-20-30(21-19-29)36-32(37)23-16-28(5)40-42(9,10)34(6,7)8/h14-16,22-23,28-31,33H,11-13,17-21,24-26H2,1-10H3,(H,36,37)/t28-,29?,30?,31+,33+,35+/m0/s1. The number of hydrogen-bond acceptors (Lipinski definition) is 5. The minimum Gasteiger partial charge on any atom is -0.411 e. The van der Waals surface area contributed by atoms with Gasteiger partial charge in [-0.25, -0.2) is 0 Å². The lowest BCUT2D eigenvalue weighted by Crippen LogP contribution is -2.54. The maximum atomic E-state index is 12.6. The highest BCUT2D eigenvalue weighted by molar-refractivity contribution is 6.74. The fourth-order valence-corrected chi connectivity index (χ4v) is 10.5. The molecular weight excluding hydrogens is 571 g/mol. The van der Waals surface area contributed by atoms with Gasteiger partial charge in [-0.1, -0.05) is 71.4 Å². The van der Waals surface area contributed by atoms with Gasteiger partial charge in [0.15, 0.2) is 16.6 Å². The maximum Gasteiger partial charge on any atom is 0.243 e. The summed E-state index contributed by atoms with van der Waals surface area (Å²) in [5.74, 6) is 0.665. The van der Waals surface area contributed by atoms with E-state index in [2.05, 4.69) is 85.1 Å². The van der Waals surface area contributed by atoms with Crippen LogP contribution in [0.15, 0.2) is 36.0 Å². The lowest BCUT2D eigenvalue weighted by Gasteiger charge is -2.41.